The molecule has 1 N–H and O–H groups in total. The van der Waals surface area contributed by atoms with E-state index in [1.54, 1.807) is 26.2 Å². The van der Waals surface area contributed by atoms with Crippen LogP contribution in [0.4, 0.5) is 23.4 Å². The molecule has 3 rings (SSSR count). The Bertz CT molecular complexity index is 1220. The van der Waals surface area contributed by atoms with Crippen LogP contribution in [0, 0.1) is 0 Å². The molecule has 0 spiro atoms. The first-order valence-electron chi connectivity index (χ1n) is 12.6. The van der Waals surface area contributed by atoms with Crippen LogP contribution < -0.4 is 9.64 Å². The van der Waals surface area contributed by atoms with Gasteiger partial charge in [-0.05, 0) is 49.9 Å². The van der Waals surface area contributed by atoms with Gasteiger partial charge >= 0.3 is 6.18 Å². The molecule has 1 aliphatic rings. The minimum Gasteiger partial charge on any atom is -0.497 e. The molecule has 1 saturated heterocycles. The minimum absolute atomic E-state index is 0.0204. The van der Waals surface area contributed by atoms with Crippen molar-refractivity contribution in [1.29, 1.82) is 0 Å². The van der Waals surface area contributed by atoms with E-state index in [1.165, 1.54) is 24.1 Å². The number of halogens is 5. The van der Waals surface area contributed by atoms with Gasteiger partial charge in [-0.1, -0.05) is 23.7 Å². The van der Waals surface area contributed by atoms with Crippen LogP contribution in [0.25, 0.3) is 0 Å². The Morgan fingerprint density at radius 1 is 1.15 bits per heavy atom. The van der Waals surface area contributed by atoms with Crippen LogP contribution in [0.15, 0.2) is 36.4 Å². The second kappa shape index (κ2) is 12.2. The molecule has 1 fully saturated rings. The van der Waals surface area contributed by atoms with Crippen LogP contribution in [-0.2, 0) is 10.4 Å². The summed E-state index contributed by atoms with van der Waals surface area (Å²) < 4.78 is 62.4. The lowest BCUT2D eigenvalue weighted by Crippen LogP contribution is -2.55. The molecule has 13 heteroatoms. The average molecular weight is 589 g/mol. The van der Waals surface area contributed by atoms with Crippen molar-refractivity contribution in [1.82, 2.24) is 14.8 Å². The number of amides is 2. The predicted molar refractivity (Wildman–Crippen MR) is 142 cm³/mol. The van der Waals surface area contributed by atoms with Gasteiger partial charge in [0.25, 0.3) is 17.4 Å². The topological polar surface area (TPSA) is 86.2 Å². The molecule has 0 aliphatic carbocycles. The largest absolute Gasteiger partial charge is 0.497 e. The number of carbonyl (C=O) groups excluding carboxylic acids is 2. The molecule has 220 valence electrons. The average Bonchev–Trinajstić information content (AvgIpc) is 2.91. The molecule has 1 aromatic heterocycles. The number of nitrogens with zero attached hydrogens (tertiary/aromatic N) is 4. The van der Waals surface area contributed by atoms with Crippen molar-refractivity contribution in [2.45, 2.75) is 43.1 Å². The quantitative estimate of drug-likeness (QED) is 0.344. The molecule has 0 saturated carbocycles. The van der Waals surface area contributed by atoms with Gasteiger partial charge in [-0.3, -0.25) is 9.59 Å². The zero-order valence-corrected chi connectivity index (χ0v) is 23.5. The zero-order chi connectivity index (χ0) is 29.9. The van der Waals surface area contributed by atoms with Crippen molar-refractivity contribution < 1.29 is 37.0 Å². The number of aliphatic hydroxyl groups is 1. The fourth-order valence-corrected chi connectivity index (χ4v) is 4.89. The SMILES string of the molecule is COc1cccc(C(O)(C(=O)N(C)CCCC2(F)CCN(c3ccc(C(=O)N(C)C)c(Cl)n3)CC2)C(F)(F)F)c1. The molecule has 1 aromatic carbocycles. The first-order chi connectivity index (χ1) is 18.6. The number of methoxy groups -OCH3 is 1. The van der Waals surface area contributed by atoms with Gasteiger partial charge in [0.2, 0.25) is 0 Å². The van der Waals surface area contributed by atoms with E-state index in [0.717, 1.165) is 24.1 Å². The van der Waals surface area contributed by atoms with Gasteiger partial charge in [-0.25, -0.2) is 9.37 Å². The van der Waals surface area contributed by atoms with Gasteiger partial charge in [0.15, 0.2) is 0 Å². The smallest absolute Gasteiger partial charge is 0.430 e. The summed E-state index contributed by atoms with van der Waals surface area (Å²) in [7, 11) is 5.60. The second-order valence-corrected chi connectivity index (χ2v) is 10.5. The van der Waals surface area contributed by atoms with Crippen molar-refractivity contribution in [2.24, 2.45) is 0 Å². The number of piperidine rings is 1. The van der Waals surface area contributed by atoms with Crippen LogP contribution in [0.2, 0.25) is 5.15 Å². The lowest BCUT2D eigenvalue weighted by atomic mass is 9.88. The molecule has 1 aliphatic heterocycles. The molecule has 2 aromatic rings. The summed E-state index contributed by atoms with van der Waals surface area (Å²) in [5.74, 6) is -1.28. The van der Waals surface area contributed by atoms with E-state index < -0.39 is 28.9 Å². The first kappa shape index (κ1) is 31.4. The normalized spacial score (nSPS) is 16.7. The summed E-state index contributed by atoms with van der Waals surface area (Å²) in [5.41, 5.74) is -5.78. The highest BCUT2D eigenvalue weighted by Crippen LogP contribution is 2.41. The molecular weight excluding hydrogens is 556 g/mol. The summed E-state index contributed by atoms with van der Waals surface area (Å²) >= 11 is 6.20. The second-order valence-electron chi connectivity index (χ2n) is 10.1. The van der Waals surface area contributed by atoms with Crippen molar-refractivity contribution in [2.75, 3.05) is 52.8 Å². The van der Waals surface area contributed by atoms with Gasteiger partial charge in [0.05, 0.1) is 12.7 Å². The number of pyridine rings is 1. The predicted octanol–water partition coefficient (Wildman–Crippen LogP) is 4.44. The van der Waals surface area contributed by atoms with Gasteiger partial charge in [0.1, 0.15) is 22.4 Å². The van der Waals surface area contributed by atoms with Crippen molar-refractivity contribution in [3.05, 3.63) is 52.7 Å². The summed E-state index contributed by atoms with van der Waals surface area (Å²) in [6.07, 6.45) is -4.91. The highest BCUT2D eigenvalue weighted by atomic mass is 35.5. The number of alkyl halides is 4. The summed E-state index contributed by atoms with van der Waals surface area (Å²) in [4.78, 5) is 33.3. The Labute approximate surface area is 235 Å². The summed E-state index contributed by atoms with van der Waals surface area (Å²) in [6.45, 7) is 0.452. The Kier molecular flexibility index (Phi) is 9.56. The first-order valence-corrected chi connectivity index (χ1v) is 13.0. The number of aromatic nitrogens is 1. The van der Waals surface area contributed by atoms with E-state index in [0.29, 0.717) is 18.9 Å². The van der Waals surface area contributed by atoms with Gasteiger partial charge < -0.3 is 24.5 Å². The molecule has 2 heterocycles. The summed E-state index contributed by atoms with van der Waals surface area (Å²) in [6, 6.07) is 7.83. The zero-order valence-electron chi connectivity index (χ0n) is 22.8. The highest BCUT2D eigenvalue weighted by molar-refractivity contribution is 6.32. The number of hydrogen-bond acceptors (Lipinski definition) is 6. The standard InChI is InChI=1S/C27H33ClF4N4O4/c1-34(2)23(37)20-9-10-21(33-22(20)28)36-15-12-25(29,13-16-36)11-6-14-35(3)24(38)26(39,27(30,31)32)18-7-5-8-19(17-18)40-4/h5,7-10,17,39H,6,11-16H2,1-4H3. The fraction of sp³-hybridized carbons (Fsp3) is 0.519. The van der Waals surface area contributed by atoms with E-state index in [2.05, 4.69) is 4.98 Å². The van der Waals surface area contributed by atoms with Crippen molar-refractivity contribution in [3.8, 4) is 5.75 Å². The number of rotatable bonds is 9. The number of anilines is 1. The number of likely N-dealkylation sites (N-methyl/N-ethyl adjacent to an activating group) is 1. The van der Waals surface area contributed by atoms with Gasteiger partial charge in [0, 0.05) is 46.3 Å². The molecule has 2 amide bonds. The van der Waals surface area contributed by atoms with Crippen LogP contribution in [0.3, 0.4) is 0 Å². The molecule has 40 heavy (non-hydrogen) atoms. The minimum atomic E-state index is -5.30. The van der Waals surface area contributed by atoms with Crippen LogP contribution >= 0.6 is 11.6 Å². The molecular formula is C27H33ClF4N4O4. The monoisotopic (exact) mass is 588 g/mol. The maximum atomic E-state index is 15.6. The van der Waals surface area contributed by atoms with Crippen LogP contribution in [0.1, 0.15) is 41.6 Å². The van der Waals surface area contributed by atoms with Gasteiger partial charge in [-0.15, -0.1) is 0 Å². The third-order valence-corrected chi connectivity index (χ3v) is 7.41. The Balaban J connectivity index is 1.60. The number of carbonyl (C=O) groups is 2. The molecule has 1 unspecified atom stereocenters. The van der Waals surface area contributed by atoms with E-state index in [1.807, 2.05) is 4.90 Å². The third-order valence-electron chi connectivity index (χ3n) is 7.13. The number of hydrogen-bond donors (Lipinski definition) is 1. The lowest BCUT2D eigenvalue weighted by Gasteiger charge is -2.38. The van der Waals surface area contributed by atoms with Crippen LogP contribution in [-0.4, -0.2) is 91.4 Å². The van der Waals surface area contributed by atoms with E-state index in [9.17, 15) is 27.9 Å². The Hall–Kier alpha value is -3.12. The molecule has 0 bridgehead atoms. The van der Waals surface area contributed by atoms with Gasteiger partial charge in [-0.2, -0.15) is 13.2 Å². The van der Waals surface area contributed by atoms with Crippen LogP contribution in [0.5, 0.6) is 5.75 Å². The van der Waals surface area contributed by atoms with Crippen molar-refractivity contribution >= 4 is 29.2 Å². The number of ether oxygens (including phenoxy) is 1. The summed E-state index contributed by atoms with van der Waals surface area (Å²) in [5, 5.41) is 10.7. The van der Waals surface area contributed by atoms with Crippen molar-refractivity contribution in [3.63, 3.8) is 0 Å². The molecule has 8 nitrogen and oxygen atoms in total. The lowest BCUT2D eigenvalue weighted by molar-refractivity contribution is -0.261. The molecule has 0 radical (unpaired) electrons. The highest BCUT2D eigenvalue weighted by Gasteiger charge is 2.61. The Morgan fingerprint density at radius 2 is 1.80 bits per heavy atom. The number of benzene rings is 1. The molecule has 1 atom stereocenters. The fourth-order valence-electron chi connectivity index (χ4n) is 4.66. The maximum Gasteiger partial charge on any atom is 0.430 e. The van der Waals surface area contributed by atoms with E-state index in [4.69, 9.17) is 16.3 Å². The third kappa shape index (κ3) is 6.60. The van der Waals surface area contributed by atoms with E-state index >= 15 is 4.39 Å². The van der Waals surface area contributed by atoms with E-state index in [-0.39, 0.29) is 54.6 Å². The maximum absolute atomic E-state index is 15.6. The Morgan fingerprint density at radius 3 is 2.35 bits per heavy atom.